The van der Waals surface area contributed by atoms with E-state index < -0.39 is 17.5 Å². The molecule has 0 unspecified atom stereocenters. The largest absolute Gasteiger partial charge is 0.204 e. The summed E-state index contributed by atoms with van der Waals surface area (Å²) in [6.45, 7) is 3.67. The van der Waals surface area contributed by atoms with Crippen LogP contribution in [0.25, 0.3) is 0 Å². The molecule has 0 amide bonds. The molecule has 0 fully saturated rings. The number of halogens is 3. The minimum absolute atomic E-state index is 0.0992. The van der Waals surface area contributed by atoms with Gasteiger partial charge in [0.2, 0.25) is 0 Å². The van der Waals surface area contributed by atoms with Crippen molar-refractivity contribution in [1.82, 2.24) is 0 Å². The highest BCUT2D eigenvalue weighted by Gasteiger charge is 2.09. The van der Waals surface area contributed by atoms with E-state index in [9.17, 15) is 13.2 Å². The molecule has 0 spiro atoms. The number of hydrogen-bond donors (Lipinski definition) is 0. The first-order chi connectivity index (χ1) is 10.1. The minimum Gasteiger partial charge on any atom is -0.204 e. The lowest BCUT2D eigenvalue weighted by molar-refractivity contribution is 0.446. The van der Waals surface area contributed by atoms with E-state index in [1.54, 1.807) is 0 Å². The van der Waals surface area contributed by atoms with E-state index in [4.69, 9.17) is 0 Å². The average Bonchev–Trinajstić information content (AvgIpc) is 2.49. The monoisotopic (exact) mass is 286 g/mol. The van der Waals surface area contributed by atoms with Gasteiger partial charge in [-0.2, -0.15) is 0 Å². The Morgan fingerprint density at radius 1 is 0.905 bits per heavy atom. The van der Waals surface area contributed by atoms with E-state index >= 15 is 0 Å². The predicted molar refractivity (Wildman–Crippen MR) is 77.3 cm³/mol. The van der Waals surface area contributed by atoms with Crippen molar-refractivity contribution in [3.05, 3.63) is 83.2 Å². The maximum atomic E-state index is 13.0. The van der Waals surface area contributed by atoms with Crippen molar-refractivity contribution in [1.29, 1.82) is 0 Å². The Labute approximate surface area is 121 Å². The molecule has 0 aliphatic heterocycles. The van der Waals surface area contributed by atoms with Crippen molar-refractivity contribution in [3.8, 4) is 11.8 Å². The van der Waals surface area contributed by atoms with Gasteiger partial charge in [0, 0.05) is 11.1 Å². The van der Waals surface area contributed by atoms with Gasteiger partial charge in [-0.3, -0.25) is 0 Å². The Morgan fingerprint density at radius 2 is 1.48 bits per heavy atom. The van der Waals surface area contributed by atoms with Crippen LogP contribution in [0.3, 0.4) is 0 Å². The molecule has 2 rings (SSSR count). The van der Waals surface area contributed by atoms with Crippen LogP contribution < -0.4 is 0 Å². The molecule has 0 aliphatic rings. The first kappa shape index (κ1) is 14.9. The zero-order valence-corrected chi connectivity index (χ0v) is 11.3. The van der Waals surface area contributed by atoms with Crippen molar-refractivity contribution >= 4 is 0 Å². The van der Waals surface area contributed by atoms with Crippen molar-refractivity contribution < 1.29 is 13.2 Å². The lowest BCUT2D eigenvalue weighted by Crippen LogP contribution is -1.91. The summed E-state index contributed by atoms with van der Waals surface area (Å²) < 4.78 is 38.9. The smallest absolute Gasteiger partial charge is 0.194 e. The van der Waals surface area contributed by atoms with Crippen molar-refractivity contribution in [2.45, 2.75) is 12.8 Å². The topological polar surface area (TPSA) is 0 Å². The summed E-state index contributed by atoms with van der Waals surface area (Å²) in [5.74, 6) is 1.46. The summed E-state index contributed by atoms with van der Waals surface area (Å²) in [7, 11) is 0. The molecule has 0 nitrogen and oxygen atoms in total. The third kappa shape index (κ3) is 4.00. The maximum absolute atomic E-state index is 13.0. The van der Waals surface area contributed by atoms with Crippen LogP contribution in [-0.4, -0.2) is 0 Å². The van der Waals surface area contributed by atoms with Gasteiger partial charge in [-0.15, -0.1) is 6.58 Å². The fourth-order valence-electron chi connectivity index (χ4n) is 1.80. The van der Waals surface area contributed by atoms with E-state index in [0.717, 1.165) is 30.5 Å². The average molecular weight is 286 g/mol. The molecule has 0 bridgehead atoms. The second kappa shape index (κ2) is 6.81. The molecule has 2 aromatic rings. The minimum atomic E-state index is -1.48. The fraction of sp³-hybridized carbons (Fsp3) is 0.111. The van der Waals surface area contributed by atoms with Crippen LogP contribution in [0, 0.1) is 29.3 Å². The molecule has 0 aliphatic carbocycles. The molecule has 0 radical (unpaired) electrons. The highest BCUT2D eigenvalue weighted by atomic mass is 19.2. The van der Waals surface area contributed by atoms with E-state index in [1.165, 1.54) is 5.56 Å². The van der Waals surface area contributed by atoms with E-state index in [1.807, 2.05) is 30.3 Å². The Bertz CT molecular complexity index is 680. The summed E-state index contributed by atoms with van der Waals surface area (Å²) in [4.78, 5) is 0. The van der Waals surface area contributed by atoms with Crippen LogP contribution in [0.2, 0.25) is 0 Å². The standard InChI is InChI=1S/C18H13F3/c1-2-3-4-13-5-7-14(8-6-13)9-10-15-11-16(19)18(21)17(20)12-15/h2,5-8,11-12H,1,3-4H2. The van der Waals surface area contributed by atoms with E-state index in [-0.39, 0.29) is 5.56 Å². The van der Waals surface area contributed by atoms with Gasteiger partial charge < -0.3 is 0 Å². The van der Waals surface area contributed by atoms with Crippen LogP contribution >= 0.6 is 0 Å². The van der Waals surface area contributed by atoms with Crippen LogP contribution in [0.1, 0.15) is 23.1 Å². The molecule has 2 aromatic carbocycles. The lowest BCUT2D eigenvalue weighted by atomic mass is 10.1. The molecule has 0 atom stereocenters. The van der Waals surface area contributed by atoms with Gasteiger partial charge in [0.1, 0.15) is 0 Å². The van der Waals surface area contributed by atoms with Gasteiger partial charge >= 0.3 is 0 Å². The van der Waals surface area contributed by atoms with E-state index in [0.29, 0.717) is 0 Å². The third-order valence-electron chi connectivity index (χ3n) is 2.93. The van der Waals surface area contributed by atoms with Crippen LogP contribution in [-0.2, 0) is 6.42 Å². The number of hydrogen-bond acceptors (Lipinski definition) is 0. The third-order valence-corrected chi connectivity index (χ3v) is 2.93. The van der Waals surface area contributed by atoms with Gasteiger partial charge in [-0.05, 0) is 42.7 Å². The fourth-order valence-corrected chi connectivity index (χ4v) is 1.80. The number of benzene rings is 2. The highest BCUT2D eigenvalue weighted by molar-refractivity contribution is 5.43. The maximum Gasteiger partial charge on any atom is 0.194 e. The number of rotatable bonds is 3. The Morgan fingerprint density at radius 3 is 2.05 bits per heavy atom. The lowest BCUT2D eigenvalue weighted by Gasteiger charge is -1.98. The quantitative estimate of drug-likeness (QED) is 0.438. The number of aryl methyl sites for hydroxylation is 1. The van der Waals surface area contributed by atoms with Crippen molar-refractivity contribution in [2.75, 3.05) is 0 Å². The second-order valence-electron chi connectivity index (χ2n) is 4.53. The first-order valence-corrected chi connectivity index (χ1v) is 6.46. The number of allylic oxidation sites excluding steroid dienone is 1. The molecule has 0 saturated carbocycles. The normalized spacial score (nSPS) is 9.86. The molecular formula is C18H13F3. The van der Waals surface area contributed by atoms with Gasteiger partial charge in [0.15, 0.2) is 17.5 Å². The van der Waals surface area contributed by atoms with Crippen LogP contribution in [0.5, 0.6) is 0 Å². The van der Waals surface area contributed by atoms with Crippen molar-refractivity contribution in [3.63, 3.8) is 0 Å². The Hall–Kier alpha value is -2.47. The van der Waals surface area contributed by atoms with Gasteiger partial charge in [-0.1, -0.05) is 30.0 Å². The molecule has 0 N–H and O–H groups in total. The summed E-state index contributed by atoms with van der Waals surface area (Å²) in [5.41, 5.74) is 1.99. The molecule has 21 heavy (non-hydrogen) atoms. The summed E-state index contributed by atoms with van der Waals surface area (Å²) in [5, 5.41) is 0. The highest BCUT2D eigenvalue weighted by Crippen LogP contribution is 2.13. The molecule has 106 valence electrons. The SMILES string of the molecule is C=CCCc1ccc(C#Cc2cc(F)c(F)c(F)c2)cc1. The first-order valence-electron chi connectivity index (χ1n) is 6.46. The molecule has 0 heterocycles. The summed E-state index contributed by atoms with van der Waals surface area (Å²) in [6, 6.07) is 9.32. The molecule has 0 saturated heterocycles. The molecule has 3 heteroatoms. The van der Waals surface area contributed by atoms with Crippen LogP contribution in [0.4, 0.5) is 13.2 Å². The molecule has 0 aromatic heterocycles. The van der Waals surface area contributed by atoms with E-state index in [2.05, 4.69) is 18.4 Å². The van der Waals surface area contributed by atoms with Gasteiger partial charge in [0.25, 0.3) is 0 Å². The zero-order valence-electron chi connectivity index (χ0n) is 11.3. The second-order valence-corrected chi connectivity index (χ2v) is 4.53. The molecular weight excluding hydrogens is 273 g/mol. The summed E-state index contributed by atoms with van der Waals surface area (Å²) >= 11 is 0. The van der Waals surface area contributed by atoms with Crippen LogP contribution in [0.15, 0.2) is 49.1 Å². The Balaban J connectivity index is 2.17. The summed E-state index contributed by atoms with van der Waals surface area (Å²) in [6.07, 6.45) is 3.66. The van der Waals surface area contributed by atoms with Gasteiger partial charge in [-0.25, -0.2) is 13.2 Å². The zero-order chi connectivity index (χ0) is 15.2. The van der Waals surface area contributed by atoms with Crippen molar-refractivity contribution in [2.24, 2.45) is 0 Å². The Kier molecular flexibility index (Phi) is 4.84. The predicted octanol–water partition coefficient (Wildman–Crippen LogP) is 4.62. The van der Waals surface area contributed by atoms with Gasteiger partial charge in [0.05, 0.1) is 0 Å².